The lowest BCUT2D eigenvalue weighted by atomic mass is 10.1. The average molecular weight is 197 g/mol. The van der Waals surface area contributed by atoms with Crippen molar-refractivity contribution in [2.45, 2.75) is 26.3 Å². The molecular formula is C9H15N3O2. The molecule has 0 aliphatic carbocycles. The van der Waals surface area contributed by atoms with E-state index in [9.17, 15) is 4.79 Å². The van der Waals surface area contributed by atoms with Crippen LogP contribution in [0.15, 0.2) is 12.5 Å². The highest BCUT2D eigenvalue weighted by atomic mass is 16.4. The van der Waals surface area contributed by atoms with Crippen LogP contribution in [0, 0.1) is 0 Å². The molecule has 1 aromatic heterocycles. The lowest BCUT2D eigenvalue weighted by Gasteiger charge is -2.32. The molecule has 1 rings (SSSR count). The minimum atomic E-state index is -0.971. The molecule has 0 spiro atoms. The third kappa shape index (κ3) is 1.86. The second kappa shape index (κ2) is 3.32. The highest BCUT2D eigenvalue weighted by Crippen LogP contribution is 2.22. The molecule has 14 heavy (non-hydrogen) atoms. The van der Waals surface area contributed by atoms with E-state index in [-0.39, 0.29) is 0 Å². The molecule has 1 N–H and O–H groups in total. The summed E-state index contributed by atoms with van der Waals surface area (Å²) < 4.78 is 1.68. The third-order valence-corrected chi connectivity index (χ3v) is 1.88. The number of carboxylic acid groups (broad SMARTS) is 1. The average Bonchev–Trinajstić information content (AvgIpc) is 2.32. The Kier molecular flexibility index (Phi) is 2.51. The molecule has 0 bridgehead atoms. The zero-order valence-corrected chi connectivity index (χ0v) is 8.85. The van der Waals surface area contributed by atoms with Crippen LogP contribution >= 0.6 is 0 Å². The summed E-state index contributed by atoms with van der Waals surface area (Å²) in [7, 11) is 1.77. The molecule has 1 heterocycles. The van der Waals surface area contributed by atoms with Gasteiger partial charge in [-0.15, -0.1) is 0 Å². The zero-order chi connectivity index (χ0) is 10.9. The van der Waals surface area contributed by atoms with Crippen molar-refractivity contribution in [1.29, 1.82) is 0 Å². The topological polar surface area (TPSA) is 58.4 Å². The van der Waals surface area contributed by atoms with Crippen molar-refractivity contribution in [3.05, 3.63) is 12.5 Å². The fraction of sp³-hybridized carbons (Fsp3) is 0.556. The summed E-state index contributed by atoms with van der Waals surface area (Å²) in [5.74, 6) is 0.574. The molecule has 0 saturated heterocycles. The summed E-state index contributed by atoms with van der Waals surface area (Å²) in [6.07, 6.45) is 2.15. The van der Waals surface area contributed by atoms with E-state index in [4.69, 9.17) is 5.11 Å². The maximum atomic E-state index is 11.1. The minimum Gasteiger partial charge on any atom is -0.465 e. The van der Waals surface area contributed by atoms with E-state index in [0.29, 0.717) is 5.82 Å². The first kappa shape index (κ1) is 10.6. The van der Waals surface area contributed by atoms with Gasteiger partial charge in [0.15, 0.2) is 0 Å². The largest absolute Gasteiger partial charge is 0.465 e. The normalized spacial score (nSPS) is 11.4. The molecule has 5 heteroatoms. The quantitative estimate of drug-likeness (QED) is 0.745. The van der Waals surface area contributed by atoms with Crippen LogP contribution in [0.2, 0.25) is 0 Å². The summed E-state index contributed by atoms with van der Waals surface area (Å²) >= 11 is 0. The van der Waals surface area contributed by atoms with Gasteiger partial charge in [-0.1, -0.05) is 0 Å². The van der Waals surface area contributed by atoms with Gasteiger partial charge in [0.05, 0.1) is 12.5 Å². The van der Waals surface area contributed by atoms with Crippen LogP contribution in [0.3, 0.4) is 0 Å². The maximum Gasteiger partial charge on any atom is 0.413 e. The maximum absolute atomic E-state index is 11.1. The second-order valence-corrected chi connectivity index (χ2v) is 4.15. The summed E-state index contributed by atoms with van der Waals surface area (Å²) in [5, 5.41) is 9.09. The van der Waals surface area contributed by atoms with Gasteiger partial charge in [0.2, 0.25) is 0 Å². The van der Waals surface area contributed by atoms with Crippen molar-refractivity contribution in [2.75, 3.05) is 4.90 Å². The Morgan fingerprint density at radius 2 is 2.14 bits per heavy atom. The number of aryl methyl sites for hydroxylation is 1. The Bertz CT molecular complexity index is 338. The van der Waals surface area contributed by atoms with E-state index in [1.807, 2.05) is 20.8 Å². The van der Waals surface area contributed by atoms with Gasteiger partial charge < -0.3 is 9.67 Å². The molecule has 0 aromatic carbocycles. The highest BCUT2D eigenvalue weighted by molar-refractivity contribution is 5.86. The molecule has 1 amide bonds. The Hall–Kier alpha value is -1.52. The SMILES string of the molecule is Cn1cncc1N(C(=O)O)C(C)(C)C. The smallest absolute Gasteiger partial charge is 0.413 e. The van der Waals surface area contributed by atoms with E-state index in [2.05, 4.69) is 4.98 Å². The lowest BCUT2D eigenvalue weighted by molar-refractivity contribution is 0.195. The zero-order valence-electron chi connectivity index (χ0n) is 8.85. The number of imidazole rings is 1. The van der Waals surface area contributed by atoms with E-state index < -0.39 is 11.6 Å². The summed E-state index contributed by atoms with van der Waals surface area (Å²) in [6, 6.07) is 0. The Morgan fingerprint density at radius 3 is 2.43 bits per heavy atom. The molecule has 0 radical (unpaired) electrons. The van der Waals surface area contributed by atoms with Gasteiger partial charge >= 0.3 is 6.09 Å². The van der Waals surface area contributed by atoms with Crippen LogP contribution < -0.4 is 4.90 Å². The van der Waals surface area contributed by atoms with Crippen molar-refractivity contribution in [3.63, 3.8) is 0 Å². The molecule has 78 valence electrons. The molecular weight excluding hydrogens is 182 g/mol. The van der Waals surface area contributed by atoms with Crippen LogP contribution in [-0.4, -0.2) is 26.3 Å². The van der Waals surface area contributed by atoms with Crippen LogP contribution in [0.1, 0.15) is 20.8 Å². The third-order valence-electron chi connectivity index (χ3n) is 1.88. The van der Waals surface area contributed by atoms with Gasteiger partial charge in [0.1, 0.15) is 5.82 Å². The van der Waals surface area contributed by atoms with Gasteiger partial charge in [0.25, 0.3) is 0 Å². The van der Waals surface area contributed by atoms with E-state index >= 15 is 0 Å². The molecule has 0 fully saturated rings. The van der Waals surface area contributed by atoms with Crippen LogP contribution in [0.4, 0.5) is 10.6 Å². The van der Waals surface area contributed by atoms with Gasteiger partial charge in [-0.25, -0.2) is 9.78 Å². The van der Waals surface area contributed by atoms with Crippen molar-refractivity contribution in [3.8, 4) is 0 Å². The fourth-order valence-electron chi connectivity index (χ4n) is 1.29. The standard InChI is InChI=1S/C9H15N3O2/c1-9(2,3)12(8(13)14)7-5-10-6-11(7)4/h5-6H,1-4H3,(H,13,14). The Balaban J connectivity index is 3.14. The fourth-order valence-corrected chi connectivity index (χ4v) is 1.29. The molecule has 0 aliphatic rings. The predicted molar refractivity (Wildman–Crippen MR) is 53.5 cm³/mol. The first-order chi connectivity index (χ1) is 6.34. The number of hydrogen-bond acceptors (Lipinski definition) is 2. The molecule has 0 aliphatic heterocycles. The van der Waals surface area contributed by atoms with Crippen LogP contribution in [-0.2, 0) is 7.05 Å². The summed E-state index contributed by atoms with van der Waals surface area (Å²) in [6.45, 7) is 5.52. The monoisotopic (exact) mass is 197 g/mol. The molecule has 0 saturated carbocycles. The van der Waals surface area contributed by atoms with Crippen molar-refractivity contribution in [1.82, 2.24) is 9.55 Å². The number of aromatic nitrogens is 2. The summed E-state index contributed by atoms with van der Waals surface area (Å²) in [5.41, 5.74) is -0.473. The van der Waals surface area contributed by atoms with Crippen molar-refractivity contribution in [2.24, 2.45) is 7.05 Å². The summed E-state index contributed by atoms with van der Waals surface area (Å²) in [4.78, 5) is 16.3. The number of hydrogen-bond donors (Lipinski definition) is 1. The van der Waals surface area contributed by atoms with Gasteiger partial charge in [-0.3, -0.25) is 4.90 Å². The Labute approximate surface area is 83.0 Å². The van der Waals surface area contributed by atoms with Crippen LogP contribution in [0.5, 0.6) is 0 Å². The van der Waals surface area contributed by atoms with Gasteiger partial charge in [-0.05, 0) is 20.8 Å². The molecule has 5 nitrogen and oxygen atoms in total. The van der Waals surface area contributed by atoms with Crippen molar-refractivity contribution >= 4 is 11.9 Å². The number of nitrogens with zero attached hydrogens (tertiary/aromatic N) is 3. The lowest BCUT2D eigenvalue weighted by Crippen LogP contribution is -2.46. The molecule has 1 aromatic rings. The first-order valence-electron chi connectivity index (χ1n) is 4.33. The number of amides is 1. The molecule has 0 atom stereocenters. The molecule has 0 unspecified atom stereocenters. The number of carbonyl (C=O) groups is 1. The predicted octanol–water partition coefficient (Wildman–Crippen LogP) is 1.70. The van der Waals surface area contributed by atoms with Gasteiger partial charge in [0, 0.05) is 12.6 Å². The number of rotatable bonds is 1. The number of anilines is 1. The highest BCUT2D eigenvalue weighted by Gasteiger charge is 2.29. The first-order valence-corrected chi connectivity index (χ1v) is 4.33. The second-order valence-electron chi connectivity index (χ2n) is 4.15. The van der Waals surface area contributed by atoms with Crippen molar-refractivity contribution < 1.29 is 9.90 Å². The van der Waals surface area contributed by atoms with Crippen LogP contribution in [0.25, 0.3) is 0 Å². The Morgan fingerprint density at radius 1 is 1.57 bits per heavy atom. The minimum absolute atomic E-state index is 0.473. The van der Waals surface area contributed by atoms with E-state index in [0.717, 1.165) is 0 Å². The van der Waals surface area contributed by atoms with Gasteiger partial charge in [-0.2, -0.15) is 0 Å². The van der Waals surface area contributed by atoms with E-state index in [1.165, 1.54) is 4.90 Å². The van der Waals surface area contributed by atoms with E-state index in [1.54, 1.807) is 24.1 Å².